The number of nitrogens with one attached hydrogen (secondary N) is 1. The van der Waals surface area contributed by atoms with Crippen molar-refractivity contribution in [2.75, 3.05) is 0 Å². The van der Waals surface area contributed by atoms with Gasteiger partial charge in [0.25, 0.3) is 11.8 Å². The maximum atomic E-state index is 12.6. The molecular weight excluding hydrogens is 370 g/mol. The van der Waals surface area contributed by atoms with Gasteiger partial charge in [0.1, 0.15) is 11.7 Å². The summed E-state index contributed by atoms with van der Waals surface area (Å²) in [5.41, 5.74) is 6.01. The summed E-state index contributed by atoms with van der Waals surface area (Å²) in [6.07, 6.45) is 5.75. The minimum atomic E-state index is -1.29. The maximum Gasteiger partial charge on any atom is 0.287 e. The average molecular weight is 383 g/mol. The Morgan fingerprint density at radius 1 is 1.22 bits per heavy atom. The third kappa shape index (κ3) is 4.01. The second-order valence-corrected chi connectivity index (χ2v) is 6.08. The third-order valence-corrected chi connectivity index (χ3v) is 4.29. The molecule has 0 fully saturated rings. The number of Topliss-reactive ketones (excluding diaryl/α,β-unsaturated/α-hetero) is 1. The van der Waals surface area contributed by atoms with Gasteiger partial charge in [0, 0.05) is 18.2 Å². The van der Waals surface area contributed by atoms with E-state index >= 15 is 0 Å². The highest BCUT2D eigenvalue weighted by molar-refractivity contribution is 6.99. The molecule has 1 atom stereocenters. The molecule has 10 heteroatoms. The third-order valence-electron chi connectivity index (χ3n) is 3.76. The summed E-state index contributed by atoms with van der Waals surface area (Å²) in [6, 6.07) is 3.81. The molecule has 0 saturated heterocycles. The summed E-state index contributed by atoms with van der Waals surface area (Å²) in [5.74, 6) is -3.23. The standard InChI is InChI=1S/C17H13N5O4S/c18-16(25)15(24)11(8-9-4-3-6-12(9)23)20-17(26)14-13(21-27-22-14)10-5-1-2-7-19-10/h1-7,11H,8H2,(H2,18,25)(H,20,26). The molecule has 136 valence electrons. The van der Waals surface area contributed by atoms with E-state index in [-0.39, 0.29) is 29.2 Å². The molecule has 2 amide bonds. The second-order valence-electron chi connectivity index (χ2n) is 5.55. The van der Waals surface area contributed by atoms with Gasteiger partial charge in [-0.05, 0) is 18.2 Å². The van der Waals surface area contributed by atoms with E-state index in [1.165, 1.54) is 18.2 Å². The Morgan fingerprint density at radius 3 is 2.67 bits per heavy atom. The second kappa shape index (κ2) is 7.79. The van der Waals surface area contributed by atoms with Gasteiger partial charge in [0.05, 0.1) is 17.4 Å². The zero-order valence-electron chi connectivity index (χ0n) is 13.8. The minimum Gasteiger partial charge on any atom is -0.363 e. The zero-order chi connectivity index (χ0) is 19.4. The van der Waals surface area contributed by atoms with Gasteiger partial charge in [-0.1, -0.05) is 18.2 Å². The molecule has 0 radical (unpaired) electrons. The Bertz CT molecular complexity index is 980. The lowest BCUT2D eigenvalue weighted by Gasteiger charge is -2.16. The summed E-state index contributed by atoms with van der Waals surface area (Å²) in [7, 11) is 0. The monoisotopic (exact) mass is 383 g/mol. The molecule has 3 N–H and O–H groups in total. The summed E-state index contributed by atoms with van der Waals surface area (Å²) in [4.78, 5) is 51.9. The van der Waals surface area contributed by atoms with Crippen LogP contribution in [0.4, 0.5) is 0 Å². The largest absolute Gasteiger partial charge is 0.363 e. The Labute approximate surface area is 157 Å². The Kier molecular flexibility index (Phi) is 5.27. The first-order chi connectivity index (χ1) is 13.0. The fourth-order valence-electron chi connectivity index (χ4n) is 2.45. The van der Waals surface area contributed by atoms with Gasteiger partial charge >= 0.3 is 0 Å². The molecule has 2 aromatic heterocycles. The number of primary amides is 1. The first-order valence-corrected chi connectivity index (χ1v) is 8.50. The highest BCUT2D eigenvalue weighted by Crippen LogP contribution is 2.20. The van der Waals surface area contributed by atoms with Crippen LogP contribution < -0.4 is 11.1 Å². The van der Waals surface area contributed by atoms with Crippen LogP contribution in [-0.2, 0) is 14.4 Å². The van der Waals surface area contributed by atoms with Crippen molar-refractivity contribution in [3.8, 4) is 11.4 Å². The quantitative estimate of drug-likeness (QED) is 0.650. The number of ketones is 2. The van der Waals surface area contributed by atoms with Gasteiger partial charge in [0.15, 0.2) is 11.5 Å². The lowest BCUT2D eigenvalue weighted by Crippen LogP contribution is -2.46. The summed E-state index contributed by atoms with van der Waals surface area (Å²) < 4.78 is 8.02. The smallest absolute Gasteiger partial charge is 0.287 e. The zero-order valence-corrected chi connectivity index (χ0v) is 14.6. The van der Waals surface area contributed by atoms with E-state index in [0.717, 1.165) is 11.7 Å². The number of aromatic nitrogens is 3. The number of amides is 2. The van der Waals surface area contributed by atoms with Crippen LogP contribution in [-0.4, -0.2) is 43.2 Å². The molecule has 1 unspecified atom stereocenters. The van der Waals surface area contributed by atoms with Crippen LogP contribution in [0.25, 0.3) is 11.4 Å². The van der Waals surface area contributed by atoms with Crippen LogP contribution in [0.1, 0.15) is 16.9 Å². The lowest BCUT2D eigenvalue weighted by atomic mass is 10.0. The van der Waals surface area contributed by atoms with Gasteiger partial charge in [-0.15, -0.1) is 0 Å². The SMILES string of the molecule is NC(=O)C(=O)C(CC1=CC=CC1=O)NC(=O)c1nsnc1-c1ccccn1. The van der Waals surface area contributed by atoms with Gasteiger partial charge in [-0.3, -0.25) is 24.2 Å². The number of carbonyl (C=O) groups is 4. The highest BCUT2D eigenvalue weighted by atomic mass is 32.1. The topological polar surface area (TPSA) is 145 Å². The summed E-state index contributed by atoms with van der Waals surface area (Å²) in [6.45, 7) is 0. The van der Waals surface area contributed by atoms with Crippen LogP contribution in [0.3, 0.4) is 0 Å². The van der Waals surface area contributed by atoms with Gasteiger partial charge in [-0.2, -0.15) is 8.75 Å². The average Bonchev–Trinajstić information content (AvgIpc) is 3.30. The predicted molar refractivity (Wildman–Crippen MR) is 95.4 cm³/mol. The molecule has 0 aromatic carbocycles. The molecule has 1 aliphatic carbocycles. The van der Waals surface area contributed by atoms with E-state index in [4.69, 9.17) is 5.73 Å². The molecule has 1 aliphatic rings. The van der Waals surface area contributed by atoms with E-state index in [0.29, 0.717) is 5.69 Å². The van der Waals surface area contributed by atoms with Crippen molar-refractivity contribution in [1.82, 2.24) is 19.0 Å². The van der Waals surface area contributed by atoms with Crippen LogP contribution in [0.15, 0.2) is 48.2 Å². The molecule has 3 rings (SSSR count). The normalized spacial score (nSPS) is 13.9. The van der Waals surface area contributed by atoms with Gasteiger partial charge < -0.3 is 11.1 Å². The van der Waals surface area contributed by atoms with Crippen LogP contribution >= 0.6 is 11.7 Å². The molecule has 2 heterocycles. The Hall–Kier alpha value is -3.53. The molecular formula is C17H13N5O4S. The highest BCUT2D eigenvalue weighted by Gasteiger charge is 2.30. The van der Waals surface area contributed by atoms with E-state index in [9.17, 15) is 19.2 Å². The van der Waals surface area contributed by atoms with E-state index in [2.05, 4.69) is 19.0 Å². The Morgan fingerprint density at radius 2 is 2.04 bits per heavy atom. The maximum absolute atomic E-state index is 12.6. The molecule has 2 aromatic rings. The lowest BCUT2D eigenvalue weighted by molar-refractivity contribution is -0.137. The van der Waals surface area contributed by atoms with Crippen molar-refractivity contribution in [1.29, 1.82) is 0 Å². The number of hydrogen-bond acceptors (Lipinski definition) is 8. The fraction of sp³-hybridized carbons (Fsp3) is 0.118. The van der Waals surface area contributed by atoms with E-state index in [1.54, 1.807) is 24.4 Å². The molecule has 27 heavy (non-hydrogen) atoms. The van der Waals surface area contributed by atoms with Crippen LogP contribution in [0.5, 0.6) is 0 Å². The molecule has 0 bridgehead atoms. The predicted octanol–water partition coefficient (Wildman–Crippen LogP) is 0.208. The number of nitrogens with zero attached hydrogens (tertiary/aromatic N) is 3. The molecule has 9 nitrogen and oxygen atoms in total. The first-order valence-electron chi connectivity index (χ1n) is 7.77. The van der Waals surface area contributed by atoms with E-state index < -0.39 is 23.6 Å². The first kappa shape index (κ1) is 18.3. The van der Waals surface area contributed by atoms with Crippen LogP contribution in [0, 0.1) is 0 Å². The summed E-state index contributed by atoms with van der Waals surface area (Å²) in [5, 5.41) is 2.42. The van der Waals surface area contributed by atoms with Crippen molar-refractivity contribution in [2.45, 2.75) is 12.5 Å². The van der Waals surface area contributed by atoms with Crippen molar-refractivity contribution in [3.05, 3.63) is 53.9 Å². The van der Waals surface area contributed by atoms with Gasteiger partial charge in [-0.25, -0.2) is 0 Å². The van der Waals surface area contributed by atoms with Crippen molar-refractivity contribution in [3.63, 3.8) is 0 Å². The van der Waals surface area contributed by atoms with Crippen LogP contribution in [0.2, 0.25) is 0 Å². The van der Waals surface area contributed by atoms with Crippen molar-refractivity contribution < 1.29 is 19.2 Å². The van der Waals surface area contributed by atoms with Crippen molar-refractivity contribution in [2.24, 2.45) is 5.73 Å². The van der Waals surface area contributed by atoms with Gasteiger partial charge in [0.2, 0.25) is 5.78 Å². The van der Waals surface area contributed by atoms with E-state index in [1.807, 2.05) is 0 Å². The minimum absolute atomic E-state index is 0.0363. The molecule has 0 saturated carbocycles. The number of pyridine rings is 1. The fourth-order valence-corrected chi connectivity index (χ4v) is 3.00. The van der Waals surface area contributed by atoms with Crippen molar-refractivity contribution >= 4 is 35.1 Å². The Balaban J connectivity index is 1.83. The number of nitrogens with two attached hydrogens (primary N) is 1. The molecule has 0 spiro atoms. The summed E-state index contributed by atoms with van der Waals surface area (Å²) >= 11 is 0.812. The number of hydrogen-bond donors (Lipinski definition) is 2. The molecule has 0 aliphatic heterocycles. The number of carbonyl (C=O) groups excluding carboxylic acids is 4. The number of allylic oxidation sites excluding steroid dienone is 3. The number of rotatable bonds is 7.